The van der Waals surface area contributed by atoms with Gasteiger partial charge in [0.25, 0.3) is 0 Å². The first-order valence-electron chi connectivity index (χ1n) is 7.64. The molecule has 108 valence electrons. The molecule has 0 radical (unpaired) electrons. The molecule has 0 aliphatic heterocycles. The van der Waals surface area contributed by atoms with Gasteiger partial charge < -0.3 is 10.2 Å². The number of rotatable bonds is 6. The highest BCUT2D eigenvalue weighted by Gasteiger charge is 2.33. The fourth-order valence-corrected chi connectivity index (χ4v) is 3.33. The summed E-state index contributed by atoms with van der Waals surface area (Å²) in [7, 11) is 0. The zero-order chi connectivity index (χ0) is 13.8. The van der Waals surface area contributed by atoms with Gasteiger partial charge in [-0.15, -0.1) is 0 Å². The van der Waals surface area contributed by atoms with Gasteiger partial charge in [0.15, 0.2) is 0 Å². The van der Waals surface area contributed by atoms with Crippen LogP contribution in [0.4, 0.5) is 0 Å². The molecule has 0 bridgehead atoms. The van der Waals surface area contributed by atoms with Gasteiger partial charge in [-0.25, -0.2) is 0 Å². The second-order valence-electron chi connectivity index (χ2n) is 6.35. The van der Waals surface area contributed by atoms with Gasteiger partial charge in [0.1, 0.15) is 5.76 Å². The Bertz CT molecular complexity index is 353. The molecule has 1 aromatic heterocycles. The average molecular weight is 264 g/mol. The summed E-state index contributed by atoms with van der Waals surface area (Å²) in [4.78, 5) is 2.60. The lowest BCUT2D eigenvalue weighted by Gasteiger charge is -2.38. The van der Waals surface area contributed by atoms with E-state index < -0.39 is 0 Å². The summed E-state index contributed by atoms with van der Waals surface area (Å²) in [5.41, 5.74) is 6.27. The fourth-order valence-electron chi connectivity index (χ4n) is 3.33. The molecule has 3 nitrogen and oxygen atoms in total. The van der Waals surface area contributed by atoms with E-state index in [0.717, 1.165) is 12.3 Å². The molecule has 1 fully saturated rings. The highest BCUT2D eigenvalue weighted by Crippen LogP contribution is 2.33. The zero-order valence-electron chi connectivity index (χ0n) is 12.5. The maximum atomic E-state index is 6.27. The maximum Gasteiger partial charge on any atom is 0.122 e. The zero-order valence-corrected chi connectivity index (χ0v) is 12.5. The van der Waals surface area contributed by atoms with E-state index in [2.05, 4.69) is 31.7 Å². The van der Waals surface area contributed by atoms with E-state index in [9.17, 15) is 0 Å². The monoisotopic (exact) mass is 264 g/mol. The van der Waals surface area contributed by atoms with Crippen LogP contribution in [0.15, 0.2) is 22.8 Å². The Hall–Kier alpha value is -0.800. The summed E-state index contributed by atoms with van der Waals surface area (Å²) >= 11 is 0. The van der Waals surface area contributed by atoms with Crippen LogP contribution in [0, 0.1) is 5.92 Å². The summed E-state index contributed by atoms with van der Waals surface area (Å²) in [6.45, 7) is 7.75. The van der Waals surface area contributed by atoms with Gasteiger partial charge in [0.2, 0.25) is 0 Å². The van der Waals surface area contributed by atoms with Crippen molar-refractivity contribution in [2.75, 3.05) is 6.54 Å². The minimum atomic E-state index is 0.0884. The molecule has 2 rings (SSSR count). The van der Waals surface area contributed by atoms with Crippen LogP contribution in [0.3, 0.4) is 0 Å². The quantitative estimate of drug-likeness (QED) is 0.854. The molecule has 0 aromatic carbocycles. The van der Waals surface area contributed by atoms with Crippen molar-refractivity contribution in [2.45, 2.75) is 64.6 Å². The molecule has 0 saturated heterocycles. The molecule has 2 unspecified atom stereocenters. The molecular formula is C16H28N2O. The van der Waals surface area contributed by atoms with Crippen molar-refractivity contribution in [3.63, 3.8) is 0 Å². The Morgan fingerprint density at radius 2 is 2.00 bits per heavy atom. The normalized spacial score (nSPS) is 20.3. The third-order valence-electron chi connectivity index (χ3n) is 4.06. The number of nitrogens with zero attached hydrogens (tertiary/aromatic N) is 1. The first-order chi connectivity index (χ1) is 9.09. The Kier molecular flexibility index (Phi) is 5.06. The first kappa shape index (κ1) is 14.6. The molecule has 1 aromatic rings. The smallest absolute Gasteiger partial charge is 0.122 e. The molecule has 1 saturated carbocycles. The van der Waals surface area contributed by atoms with Crippen LogP contribution >= 0.6 is 0 Å². The number of hydrogen-bond donors (Lipinski definition) is 1. The molecule has 0 amide bonds. The summed E-state index contributed by atoms with van der Waals surface area (Å²) in [6.07, 6.45) is 7.06. The molecule has 3 heteroatoms. The summed E-state index contributed by atoms with van der Waals surface area (Å²) < 4.78 is 5.66. The van der Waals surface area contributed by atoms with Gasteiger partial charge in [-0.1, -0.05) is 26.7 Å². The van der Waals surface area contributed by atoms with Crippen molar-refractivity contribution in [1.82, 2.24) is 4.90 Å². The lowest BCUT2D eigenvalue weighted by molar-refractivity contribution is 0.0895. The fraction of sp³-hybridized carbons (Fsp3) is 0.750. The molecule has 2 N–H and O–H groups in total. The third-order valence-corrected chi connectivity index (χ3v) is 4.06. The lowest BCUT2D eigenvalue weighted by Crippen LogP contribution is -2.45. The minimum Gasteiger partial charge on any atom is -0.468 e. The van der Waals surface area contributed by atoms with E-state index in [1.165, 1.54) is 25.7 Å². The van der Waals surface area contributed by atoms with Crippen LogP contribution in [0.1, 0.15) is 58.3 Å². The Labute approximate surface area is 117 Å². The van der Waals surface area contributed by atoms with Crippen molar-refractivity contribution in [3.05, 3.63) is 24.2 Å². The average Bonchev–Trinajstić information content (AvgIpc) is 3.00. The second-order valence-corrected chi connectivity index (χ2v) is 6.35. The number of nitrogens with two attached hydrogens (primary N) is 1. The Morgan fingerprint density at radius 3 is 2.47 bits per heavy atom. The van der Waals surface area contributed by atoms with Gasteiger partial charge >= 0.3 is 0 Å². The van der Waals surface area contributed by atoms with Crippen LogP contribution in [-0.2, 0) is 0 Å². The van der Waals surface area contributed by atoms with Crippen molar-refractivity contribution in [2.24, 2.45) is 11.7 Å². The van der Waals surface area contributed by atoms with Gasteiger partial charge in [-0.3, -0.25) is 4.90 Å². The molecule has 0 spiro atoms. The molecule has 2 atom stereocenters. The van der Waals surface area contributed by atoms with E-state index >= 15 is 0 Å². The molecule has 1 aliphatic rings. The minimum absolute atomic E-state index is 0.0884. The van der Waals surface area contributed by atoms with E-state index in [1.807, 2.05) is 6.07 Å². The summed E-state index contributed by atoms with van der Waals surface area (Å²) in [5, 5.41) is 0. The topological polar surface area (TPSA) is 42.4 Å². The van der Waals surface area contributed by atoms with Gasteiger partial charge in [-0.05, 0) is 37.8 Å². The Balaban J connectivity index is 2.22. The molecule has 19 heavy (non-hydrogen) atoms. The lowest BCUT2D eigenvalue weighted by atomic mass is 10.0. The second kappa shape index (κ2) is 6.58. The van der Waals surface area contributed by atoms with Crippen molar-refractivity contribution in [3.8, 4) is 0 Å². The number of furan rings is 1. The van der Waals surface area contributed by atoms with Crippen LogP contribution in [-0.4, -0.2) is 23.5 Å². The largest absolute Gasteiger partial charge is 0.468 e. The standard InChI is InChI=1S/C16H28N2O/c1-12(2)11-18(14-7-4-5-8-14)16(13(3)17)15-9-6-10-19-15/h6,9-10,12-14,16H,4-5,7-8,11,17H2,1-3H3. The highest BCUT2D eigenvalue weighted by atomic mass is 16.3. The van der Waals surface area contributed by atoms with Crippen molar-refractivity contribution >= 4 is 0 Å². The van der Waals surface area contributed by atoms with Crippen LogP contribution in [0.5, 0.6) is 0 Å². The van der Waals surface area contributed by atoms with E-state index in [0.29, 0.717) is 12.0 Å². The van der Waals surface area contributed by atoms with E-state index in [1.54, 1.807) is 6.26 Å². The summed E-state index contributed by atoms with van der Waals surface area (Å²) in [5.74, 6) is 1.67. The van der Waals surface area contributed by atoms with E-state index in [4.69, 9.17) is 10.2 Å². The highest BCUT2D eigenvalue weighted by molar-refractivity contribution is 5.08. The third kappa shape index (κ3) is 3.61. The number of hydrogen-bond acceptors (Lipinski definition) is 3. The van der Waals surface area contributed by atoms with E-state index in [-0.39, 0.29) is 12.1 Å². The Morgan fingerprint density at radius 1 is 1.32 bits per heavy atom. The predicted octanol–water partition coefficient (Wildman–Crippen LogP) is 3.57. The molecule has 1 aliphatic carbocycles. The van der Waals surface area contributed by atoms with Crippen LogP contribution in [0.2, 0.25) is 0 Å². The summed E-state index contributed by atoms with van der Waals surface area (Å²) in [6, 6.07) is 5.00. The first-order valence-corrected chi connectivity index (χ1v) is 7.64. The maximum absolute atomic E-state index is 6.27. The predicted molar refractivity (Wildman–Crippen MR) is 78.9 cm³/mol. The van der Waals surface area contributed by atoms with Gasteiger partial charge in [0, 0.05) is 18.6 Å². The van der Waals surface area contributed by atoms with Crippen LogP contribution in [0.25, 0.3) is 0 Å². The van der Waals surface area contributed by atoms with Crippen LogP contribution < -0.4 is 5.73 Å². The van der Waals surface area contributed by atoms with Crippen molar-refractivity contribution < 1.29 is 4.42 Å². The van der Waals surface area contributed by atoms with Gasteiger partial charge in [-0.2, -0.15) is 0 Å². The van der Waals surface area contributed by atoms with Crippen molar-refractivity contribution in [1.29, 1.82) is 0 Å². The van der Waals surface area contributed by atoms with Gasteiger partial charge in [0.05, 0.1) is 12.3 Å². The SMILES string of the molecule is CC(C)CN(C1CCCC1)C(c1ccco1)C(C)N. The molecule has 1 heterocycles. The molecular weight excluding hydrogens is 236 g/mol.